The molecule has 4 heteroatoms. The smallest absolute Gasteiger partial charge is 0.164 e. The fourth-order valence-electron chi connectivity index (χ4n) is 9.82. The Morgan fingerprint density at radius 2 is 0.797 bits per heavy atom. The maximum absolute atomic E-state index is 5.09. The highest BCUT2D eigenvalue weighted by molar-refractivity contribution is 6.17. The second-order valence-electron chi connectivity index (χ2n) is 17.2. The van der Waals surface area contributed by atoms with E-state index in [9.17, 15) is 0 Å². The Morgan fingerprint density at radius 3 is 1.44 bits per heavy atom. The van der Waals surface area contributed by atoms with Gasteiger partial charge in [0, 0.05) is 38.6 Å². The first-order chi connectivity index (χ1) is 31.5. The second-order valence-corrected chi connectivity index (χ2v) is 17.2. The topological polar surface area (TPSA) is 43.6 Å². The van der Waals surface area contributed by atoms with Crippen LogP contribution in [0.25, 0.3) is 106 Å². The summed E-state index contributed by atoms with van der Waals surface area (Å²) >= 11 is 0. The average Bonchev–Trinajstić information content (AvgIpc) is 3.82. The third-order valence-electron chi connectivity index (χ3n) is 13.1. The zero-order chi connectivity index (χ0) is 42.8. The molecule has 0 N–H and O–H groups in total. The molecular weight excluding hydrogens is 777 g/mol. The number of benzene rings is 9. The molecule has 1 aliphatic rings. The molecule has 4 nitrogen and oxygen atoms in total. The minimum absolute atomic E-state index is 0.114. The van der Waals surface area contributed by atoms with Crippen LogP contribution in [0.15, 0.2) is 218 Å². The van der Waals surface area contributed by atoms with Crippen LogP contribution in [0.5, 0.6) is 0 Å². The second kappa shape index (κ2) is 15.0. The molecule has 0 radical (unpaired) electrons. The van der Waals surface area contributed by atoms with Crippen LogP contribution in [-0.4, -0.2) is 19.5 Å². The van der Waals surface area contributed by atoms with Crippen LogP contribution >= 0.6 is 0 Å². The molecule has 0 saturated carbocycles. The molecule has 11 aromatic rings. The van der Waals surface area contributed by atoms with E-state index < -0.39 is 0 Å². The van der Waals surface area contributed by atoms with Crippen molar-refractivity contribution in [3.05, 3.63) is 230 Å². The Hall–Kier alpha value is -8.21. The molecule has 0 aliphatic heterocycles. The number of hydrogen-bond donors (Lipinski definition) is 0. The summed E-state index contributed by atoms with van der Waals surface area (Å²) < 4.78 is 2.47. The first-order valence-corrected chi connectivity index (χ1v) is 21.9. The predicted octanol–water partition coefficient (Wildman–Crippen LogP) is 15.3. The maximum atomic E-state index is 5.09. The summed E-state index contributed by atoms with van der Waals surface area (Å²) in [5.74, 6) is 1.91. The Labute approximate surface area is 372 Å². The van der Waals surface area contributed by atoms with Gasteiger partial charge in [-0.1, -0.05) is 202 Å². The molecule has 0 fully saturated rings. The van der Waals surface area contributed by atoms with Crippen molar-refractivity contribution in [2.75, 3.05) is 0 Å². The number of fused-ring (bicyclic) bond motifs is 6. The van der Waals surface area contributed by atoms with Crippen LogP contribution < -0.4 is 0 Å². The Bertz CT molecular complexity index is 3530. The summed E-state index contributed by atoms with van der Waals surface area (Å²) in [6.45, 7) is 4.71. The lowest BCUT2D eigenvalue weighted by molar-refractivity contribution is 0.660. The summed E-state index contributed by atoms with van der Waals surface area (Å²) in [6.07, 6.45) is 0. The summed E-state index contributed by atoms with van der Waals surface area (Å²) in [7, 11) is 0. The van der Waals surface area contributed by atoms with Gasteiger partial charge in [0.15, 0.2) is 17.5 Å². The lowest BCUT2D eigenvalue weighted by atomic mass is 9.82. The van der Waals surface area contributed by atoms with Gasteiger partial charge in [0.2, 0.25) is 0 Å². The standard InChI is InChI=1S/C60H42N4/c1-60(2)52-24-14-12-22-48(52)49-35-34-47(38-53(49)60)64-54-25-15-13-23-50(54)56-51(42-18-8-4-9-19-42)36-46(37-55(56)64)41-28-32-45(33-29-41)59-62-57(43-20-10-5-11-21-43)61-58(63-59)44-30-26-40(27-31-44)39-16-6-3-7-17-39/h3-38H,1-2H3. The van der Waals surface area contributed by atoms with Crippen molar-refractivity contribution < 1.29 is 0 Å². The van der Waals surface area contributed by atoms with Gasteiger partial charge in [0.05, 0.1) is 11.0 Å². The van der Waals surface area contributed by atoms with Crippen LogP contribution in [-0.2, 0) is 5.41 Å². The molecular formula is C60H42N4. The number of nitrogens with zero attached hydrogens (tertiary/aromatic N) is 4. The first-order valence-electron chi connectivity index (χ1n) is 21.9. The van der Waals surface area contributed by atoms with E-state index in [0.717, 1.165) is 39.1 Å². The van der Waals surface area contributed by atoms with Crippen LogP contribution in [0.3, 0.4) is 0 Å². The van der Waals surface area contributed by atoms with Gasteiger partial charge < -0.3 is 4.57 Å². The highest BCUT2D eigenvalue weighted by Gasteiger charge is 2.35. The molecule has 12 rings (SSSR count). The minimum atomic E-state index is -0.114. The molecule has 0 spiro atoms. The minimum Gasteiger partial charge on any atom is -0.309 e. The van der Waals surface area contributed by atoms with E-state index in [2.05, 4.69) is 200 Å². The molecule has 0 saturated heterocycles. The first kappa shape index (κ1) is 37.5. The summed E-state index contributed by atoms with van der Waals surface area (Å²) in [4.78, 5) is 15.1. The number of para-hydroxylation sites is 1. The van der Waals surface area contributed by atoms with E-state index in [0.29, 0.717) is 17.5 Å². The molecule has 302 valence electrons. The molecule has 2 heterocycles. The van der Waals surface area contributed by atoms with Crippen molar-refractivity contribution in [1.29, 1.82) is 0 Å². The third-order valence-corrected chi connectivity index (χ3v) is 13.1. The van der Waals surface area contributed by atoms with Gasteiger partial charge in [-0.2, -0.15) is 0 Å². The van der Waals surface area contributed by atoms with Crippen LogP contribution in [0.4, 0.5) is 0 Å². The number of aromatic nitrogens is 4. The lowest BCUT2D eigenvalue weighted by Crippen LogP contribution is -2.15. The Balaban J connectivity index is 0.995. The average molecular weight is 819 g/mol. The highest BCUT2D eigenvalue weighted by atomic mass is 15.0. The van der Waals surface area contributed by atoms with Gasteiger partial charge in [-0.3, -0.25) is 0 Å². The maximum Gasteiger partial charge on any atom is 0.164 e. The van der Waals surface area contributed by atoms with E-state index in [1.807, 2.05) is 36.4 Å². The monoisotopic (exact) mass is 818 g/mol. The Kier molecular flexibility index (Phi) is 8.80. The van der Waals surface area contributed by atoms with Gasteiger partial charge in [0.25, 0.3) is 0 Å². The van der Waals surface area contributed by atoms with Crippen molar-refractivity contribution >= 4 is 21.8 Å². The van der Waals surface area contributed by atoms with Crippen molar-refractivity contribution in [2.24, 2.45) is 0 Å². The van der Waals surface area contributed by atoms with Crippen molar-refractivity contribution in [2.45, 2.75) is 19.3 Å². The summed E-state index contributed by atoms with van der Waals surface area (Å²) in [5, 5.41) is 2.48. The molecule has 64 heavy (non-hydrogen) atoms. The summed E-state index contributed by atoms with van der Waals surface area (Å²) in [6, 6.07) is 78.0. The van der Waals surface area contributed by atoms with Gasteiger partial charge >= 0.3 is 0 Å². The number of rotatable bonds is 7. The Morgan fingerprint density at radius 1 is 0.328 bits per heavy atom. The van der Waals surface area contributed by atoms with E-state index in [4.69, 9.17) is 15.0 Å². The number of hydrogen-bond acceptors (Lipinski definition) is 3. The molecule has 9 aromatic carbocycles. The van der Waals surface area contributed by atoms with Gasteiger partial charge in [-0.15, -0.1) is 0 Å². The van der Waals surface area contributed by atoms with Crippen LogP contribution in [0.1, 0.15) is 25.0 Å². The van der Waals surface area contributed by atoms with Gasteiger partial charge in [-0.25, -0.2) is 15.0 Å². The van der Waals surface area contributed by atoms with Crippen molar-refractivity contribution in [1.82, 2.24) is 19.5 Å². The normalized spacial score (nSPS) is 12.7. The van der Waals surface area contributed by atoms with Crippen molar-refractivity contribution in [3.63, 3.8) is 0 Å². The predicted molar refractivity (Wildman–Crippen MR) is 264 cm³/mol. The highest BCUT2D eigenvalue weighted by Crippen LogP contribution is 2.50. The zero-order valence-corrected chi connectivity index (χ0v) is 35.6. The van der Waals surface area contributed by atoms with Gasteiger partial charge in [-0.05, 0) is 86.0 Å². The molecule has 2 aromatic heterocycles. The third kappa shape index (κ3) is 6.26. The summed E-state index contributed by atoms with van der Waals surface area (Å²) in [5.41, 5.74) is 18.5. The van der Waals surface area contributed by atoms with Crippen molar-refractivity contribution in [3.8, 4) is 84.4 Å². The van der Waals surface area contributed by atoms with Crippen LogP contribution in [0, 0.1) is 0 Å². The van der Waals surface area contributed by atoms with E-state index in [1.165, 1.54) is 60.8 Å². The largest absolute Gasteiger partial charge is 0.309 e. The molecule has 1 aliphatic carbocycles. The quantitative estimate of drug-likeness (QED) is 0.161. The van der Waals surface area contributed by atoms with Gasteiger partial charge in [0.1, 0.15) is 0 Å². The van der Waals surface area contributed by atoms with E-state index in [1.54, 1.807) is 0 Å². The fraction of sp³-hybridized carbons (Fsp3) is 0.0500. The molecule has 0 atom stereocenters. The van der Waals surface area contributed by atoms with E-state index >= 15 is 0 Å². The SMILES string of the molecule is CC1(C)c2ccccc2-c2ccc(-n3c4ccccc4c4c(-c5ccccc5)cc(-c5ccc(-c6nc(-c7ccccc7)nc(-c7ccc(-c8ccccc8)cc7)n6)cc5)cc43)cc21. The molecule has 0 amide bonds. The fourth-order valence-corrected chi connectivity index (χ4v) is 9.82. The zero-order valence-electron chi connectivity index (χ0n) is 35.6. The van der Waals surface area contributed by atoms with Crippen LogP contribution in [0.2, 0.25) is 0 Å². The van der Waals surface area contributed by atoms with E-state index in [-0.39, 0.29) is 5.41 Å². The lowest BCUT2D eigenvalue weighted by Gasteiger charge is -2.22. The molecule has 0 bridgehead atoms. The molecule has 0 unspecified atom stereocenters.